The number of rotatable bonds is 8. The van der Waals surface area contributed by atoms with Gasteiger partial charge in [0.05, 0.1) is 0 Å². The average molecular weight is 280 g/mol. The second-order valence-corrected chi connectivity index (χ2v) is 5.84. The van der Waals surface area contributed by atoms with Gasteiger partial charge in [0.25, 0.3) is 0 Å². The summed E-state index contributed by atoms with van der Waals surface area (Å²) in [6.07, 6.45) is 2.14. The van der Waals surface area contributed by atoms with Gasteiger partial charge in [0, 0.05) is 30.9 Å². The maximum atomic E-state index is 14.1. The van der Waals surface area contributed by atoms with Crippen LogP contribution in [0.3, 0.4) is 0 Å². The van der Waals surface area contributed by atoms with Gasteiger partial charge < -0.3 is 10.2 Å². The Kier molecular flexibility index (Phi) is 7.00. The van der Waals surface area contributed by atoms with Crippen molar-refractivity contribution in [1.29, 1.82) is 0 Å². The molecule has 0 aliphatic carbocycles. The molecule has 0 amide bonds. The van der Waals surface area contributed by atoms with Crippen molar-refractivity contribution in [3.63, 3.8) is 0 Å². The van der Waals surface area contributed by atoms with Crippen LogP contribution in [0.1, 0.15) is 46.1 Å². The molecule has 114 valence electrons. The number of hydrogen-bond donors (Lipinski definition) is 1. The zero-order chi connectivity index (χ0) is 15.1. The van der Waals surface area contributed by atoms with Gasteiger partial charge in [0.1, 0.15) is 5.82 Å². The van der Waals surface area contributed by atoms with Crippen LogP contribution in [0.4, 0.5) is 10.1 Å². The number of anilines is 1. The molecule has 1 aromatic rings. The van der Waals surface area contributed by atoms with E-state index in [0.717, 1.165) is 30.6 Å². The van der Waals surface area contributed by atoms with Crippen molar-refractivity contribution in [1.82, 2.24) is 5.32 Å². The van der Waals surface area contributed by atoms with Crippen LogP contribution >= 0.6 is 0 Å². The number of benzene rings is 1. The van der Waals surface area contributed by atoms with Crippen molar-refractivity contribution in [3.8, 4) is 0 Å². The quantitative estimate of drug-likeness (QED) is 0.768. The molecular weight excluding hydrogens is 251 g/mol. The highest BCUT2D eigenvalue weighted by atomic mass is 19.1. The highest BCUT2D eigenvalue weighted by Gasteiger charge is 2.16. The molecule has 1 rings (SSSR count). The Balaban J connectivity index is 2.92. The summed E-state index contributed by atoms with van der Waals surface area (Å²) in [5, 5.41) is 3.35. The van der Waals surface area contributed by atoms with Crippen LogP contribution in [0.25, 0.3) is 0 Å². The Morgan fingerprint density at radius 3 is 2.40 bits per heavy atom. The lowest BCUT2D eigenvalue weighted by Gasteiger charge is -2.30. The smallest absolute Gasteiger partial charge is 0.129 e. The van der Waals surface area contributed by atoms with Gasteiger partial charge in [-0.3, -0.25) is 0 Å². The Morgan fingerprint density at radius 1 is 1.20 bits per heavy atom. The van der Waals surface area contributed by atoms with Gasteiger partial charge in [0.15, 0.2) is 0 Å². The van der Waals surface area contributed by atoms with Crippen molar-refractivity contribution in [3.05, 3.63) is 29.6 Å². The molecule has 0 radical (unpaired) electrons. The van der Waals surface area contributed by atoms with Gasteiger partial charge in [-0.1, -0.05) is 33.8 Å². The third-order valence-electron chi connectivity index (χ3n) is 3.82. The highest BCUT2D eigenvalue weighted by Crippen LogP contribution is 2.25. The largest absolute Gasteiger partial charge is 0.371 e. The fourth-order valence-electron chi connectivity index (χ4n) is 2.57. The minimum atomic E-state index is -0.114. The Hall–Kier alpha value is -1.09. The van der Waals surface area contributed by atoms with Crippen LogP contribution in [-0.2, 0) is 6.54 Å². The third-order valence-corrected chi connectivity index (χ3v) is 3.82. The number of nitrogens with zero attached hydrogens (tertiary/aromatic N) is 1. The van der Waals surface area contributed by atoms with E-state index < -0.39 is 0 Å². The molecule has 1 N–H and O–H groups in total. The van der Waals surface area contributed by atoms with Crippen LogP contribution in [0.15, 0.2) is 18.2 Å². The molecule has 0 spiro atoms. The zero-order valence-electron chi connectivity index (χ0n) is 13.5. The summed E-state index contributed by atoms with van der Waals surface area (Å²) < 4.78 is 14.1. The van der Waals surface area contributed by atoms with Crippen LogP contribution in [0.5, 0.6) is 0 Å². The van der Waals surface area contributed by atoms with E-state index in [0.29, 0.717) is 18.5 Å². The second kappa shape index (κ2) is 8.25. The first-order chi connectivity index (χ1) is 9.51. The molecule has 20 heavy (non-hydrogen) atoms. The minimum absolute atomic E-state index is 0.114. The van der Waals surface area contributed by atoms with Crippen molar-refractivity contribution in [2.24, 2.45) is 5.92 Å². The van der Waals surface area contributed by atoms with Gasteiger partial charge in [0.2, 0.25) is 0 Å². The second-order valence-electron chi connectivity index (χ2n) is 5.84. The van der Waals surface area contributed by atoms with Gasteiger partial charge >= 0.3 is 0 Å². The lowest BCUT2D eigenvalue weighted by molar-refractivity contribution is 0.530. The van der Waals surface area contributed by atoms with Crippen LogP contribution < -0.4 is 10.2 Å². The van der Waals surface area contributed by atoms with Gasteiger partial charge in [-0.25, -0.2) is 4.39 Å². The maximum Gasteiger partial charge on any atom is 0.129 e. The topological polar surface area (TPSA) is 15.3 Å². The van der Waals surface area contributed by atoms with E-state index in [4.69, 9.17) is 0 Å². The average Bonchev–Trinajstić information content (AvgIpc) is 2.41. The molecule has 3 heteroatoms. The van der Waals surface area contributed by atoms with Crippen LogP contribution in [0.2, 0.25) is 0 Å². The van der Waals surface area contributed by atoms with Crippen LogP contribution in [-0.4, -0.2) is 19.6 Å². The van der Waals surface area contributed by atoms with Crippen molar-refractivity contribution < 1.29 is 4.39 Å². The first-order valence-corrected chi connectivity index (χ1v) is 7.72. The molecule has 0 bridgehead atoms. The van der Waals surface area contributed by atoms with Crippen molar-refractivity contribution >= 4 is 5.69 Å². The Labute approximate surface area is 123 Å². The molecule has 0 saturated heterocycles. The Bertz CT molecular complexity index is 400. The van der Waals surface area contributed by atoms with E-state index >= 15 is 0 Å². The molecule has 0 aliphatic heterocycles. The predicted molar refractivity (Wildman–Crippen MR) is 85.7 cm³/mol. The molecule has 0 aliphatic rings. The molecule has 0 aromatic heterocycles. The van der Waals surface area contributed by atoms with Gasteiger partial charge in [-0.15, -0.1) is 0 Å². The maximum absolute atomic E-state index is 14.1. The first-order valence-electron chi connectivity index (χ1n) is 7.72. The number of hydrogen-bond acceptors (Lipinski definition) is 2. The molecule has 0 fully saturated rings. The zero-order valence-corrected chi connectivity index (χ0v) is 13.5. The van der Waals surface area contributed by atoms with Gasteiger partial charge in [-0.05, 0) is 37.4 Å². The molecule has 0 heterocycles. The normalized spacial score (nSPS) is 11.4. The summed E-state index contributed by atoms with van der Waals surface area (Å²) in [6, 6.07) is 5.83. The summed E-state index contributed by atoms with van der Waals surface area (Å²) in [6.45, 7) is 10.2. The van der Waals surface area contributed by atoms with Crippen LogP contribution in [0, 0.1) is 11.7 Å². The summed E-state index contributed by atoms with van der Waals surface area (Å²) in [5.41, 5.74) is 1.79. The fraction of sp³-hybridized carbons (Fsp3) is 0.647. The molecular formula is C17H29FN2. The summed E-state index contributed by atoms with van der Waals surface area (Å²) in [4.78, 5) is 2.22. The summed E-state index contributed by atoms with van der Waals surface area (Å²) in [5.74, 6) is 0.457. The minimum Gasteiger partial charge on any atom is -0.371 e. The monoisotopic (exact) mass is 280 g/mol. The molecule has 0 saturated carbocycles. The van der Waals surface area contributed by atoms with E-state index in [-0.39, 0.29) is 5.82 Å². The first kappa shape index (κ1) is 17.0. The highest BCUT2D eigenvalue weighted by molar-refractivity contribution is 5.54. The van der Waals surface area contributed by atoms with E-state index in [1.165, 1.54) is 0 Å². The standard InChI is InChI=1S/C17H29FN2/c1-6-14(7-2)20(5)17-10-8-9-16(18)15(17)12-19-11-13(3)4/h8-10,13-14,19H,6-7,11-12H2,1-5H3. The lowest BCUT2D eigenvalue weighted by atomic mass is 10.1. The number of nitrogens with one attached hydrogen (secondary N) is 1. The third kappa shape index (κ3) is 4.48. The van der Waals surface area contributed by atoms with Crippen molar-refractivity contribution in [2.75, 3.05) is 18.5 Å². The van der Waals surface area contributed by atoms with Crippen molar-refractivity contribution in [2.45, 2.75) is 53.1 Å². The molecule has 0 atom stereocenters. The molecule has 1 aromatic carbocycles. The molecule has 0 unspecified atom stereocenters. The van der Waals surface area contributed by atoms with E-state index in [1.54, 1.807) is 12.1 Å². The fourth-order valence-corrected chi connectivity index (χ4v) is 2.57. The SMILES string of the molecule is CCC(CC)N(C)c1cccc(F)c1CNCC(C)C. The van der Waals surface area contributed by atoms with E-state index in [1.807, 2.05) is 6.07 Å². The predicted octanol–water partition coefficient (Wildman–Crippen LogP) is 4.20. The lowest BCUT2D eigenvalue weighted by Crippen LogP contribution is -2.32. The Morgan fingerprint density at radius 2 is 1.85 bits per heavy atom. The van der Waals surface area contributed by atoms with Gasteiger partial charge in [-0.2, -0.15) is 0 Å². The molecule has 2 nitrogen and oxygen atoms in total. The summed E-state index contributed by atoms with van der Waals surface area (Å²) >= 11 is 0. The van der Waals surface area contributed by atoms with E-state index in [2.05, 4.69) is 45.0 Å². The van der Waals surface area contributed by atoms with E-state index in [9.17, 15) is 4.39 Å². The summed E-state index contributed by atoms with van der Waals surface area (Å²) in [7, 11) is 2.07. The number of halogens is 1.